The van der Waals surface area contributed by atoms with E-state index in [0.717, 1.165) is 24.4 Å². The zero-order chi connectivity index (χ0) is 15.0. The Kier molecular flexibility index (Phi) is 9.05. The molecule has 0 aromatic carbocycles. The first-order valence-corrected chi connectivity index (χ1v) is 10.3. The summed E-state index contributed by atoms with van der Waals surface area (Å²) in [6.07, 6.45) is 10.6. The third kappa shape index (κ3) is 5.82. The summed E-state index contributed by atoms with van der Waals surface area (Å²) in [6, 6.07) is 0. The molecule has 120 valence electrons. The first kappa shape index (κ1) is 18.7. The normalized spacial score (nSPS) is 28.8. The summed E-state index contributed by atoms with van der Waals surface area (Å²) in [4.78, 5) is 0. The minimum atomic E-state index is 0.200. The Morgan fingerprint density at radius 3 is 2.30 bits per heavy atom. The van der Waals surface area contributed by atoms with E-state index < -0.39 is 0 Å². The summed E-state index contributed by atoms with van der Waals surface area (Å²) in [6.45, 7) is 10.3. The highest BCUT2D eigenvalue weighted by molar-refractivity contribution is 14.1. The van der Waals surface area contributed by atoms with Crippen molar-refractivity contribution in [3.63, 3.8) is 0 Å². The van der Waals surface area contributed by atoms with Crippen molar-refractivity contribution in [2.45, 2.75) is 84.7 Å². The number of halogens is 1. The van der Waals surface area contributed by atoms with Crippen molar-refractivity contribution in [1.82, 2.24) is 0 Å². The number of alkyl halides is 1. The largest absolute Gasteiger partial charge is 0.374 e. The van der Waals surface area contributed by atoms with Crippen LogP contribution < -0.4 is 0 Å². The van der Waals surface area contributed by atoms with Gasteiger partial charge < -0.3 is 4.74 Å². The fraction of sp³-hybridized carbons (Fsp3) is 1.00. The number of hydrogen-bond acceptors (Lipinski definition) is 1. The molecule has 0 bridgehead atoms. The molecule has 0 heterocycles. The van der Waals surface area contributed by atoms with Crippen LogP contribution in [0.15, 0.2) is 0 Å². The van der Waals surface area contributed by atoms with Crippen LogP contribution in [-0.4, -0.2) is 16.6 Å². The van der Waals surface area contributed by atoms with E-state index in [9.17, 15) is 0 Å². The van der Waals surface area contributed by atoms with Crippen molar-refractivity contribution in [2.24, 2.45) is 17.8 Å². The molecule has 1 nitrogen and oxygen atoms in total. The first-order chi connectivity index (χ1) is 9.56. The molecule has 0 saturated heterocycles. The van der Waals surface area contributed by atoms with Gasteiger partial charge in [-0.1, -0.05) is 69.5 Å². The Balaban J connectivity index is 2.42. The third-order valence-electron chi connectivity index (χ3n) is 5.30. The molecule has 0 N–H and O–H groups in total. The van der Waals surface area contributed by atoms with Crippen molar-refractivity contribution in [1.29, 1.82) is 0 Å². The lowest BCUT2D eigenvalue weighted by atomic mass is 9.75. The fourth-order valence-electron chi connectivity index (χ4n) is 3.34. The van der Waals surface area contributed by atoms with Crippen LogP contribution in [0, 0.1) is 17.8 Å². The molecular formula is C18H35IO. The predicted octanol–water partition coefficient (Wildman–Crippen LogP) is 6.24. The topological polar surface area (TPSA) is 9.23 Å². The van der Waals surface area contributed by atoms with Crippen LogP contribution in [0.25, 0.3) is 0 Å². The van der Waals surface area contributed by atoms with E-state index in [1.54, 1.807) is 0 Å². The molecular weight excluding hydrogens is 359 g/mol. The van der Waals surface area contributed by atoms with E-state index in [0.29, 0.717) is 0 Å². The van der Waals surface area contributed by atoms with Crippen LogP contribution in [0.1, 0.15) is 79.1 Å². The average molecular weight is 394 g/mol. The number of unbranched alkanes of at least 4 members (excludes halogenated alkanes) is 1. The molecule has 1 fully saturated rings. The SMILES string of the molecule is CCCCC(CC)COC1(CI)CCC(C(C)C)CC1. The van der Waals surface area contributed by atoms with Gasteiger partial charge in [0.25, 0.3) is 0 Å². The summed E-state index contributed by atoms with van der Waals surface area (Å²) >= 11 is 2.55. The Morgan fingerprint density at radius 2 is 1.85 bits per heavy atom. The minimum Gasteiger partial charge on any atom is -0.374 e. The van der Waals surface area contributed by atoms with Gasteiger partial charge in [-0.3, -0.25) is 0 Å². The molecule has 1 aliphatic rings. The molecule has 0 aromatic rings. The molecule has 1 atom stereocenters. The smallest absolute Gasteiger partial charge is 0.0771 e. The fourth-order valence-corrected chi connectivity index (χ4v) is 4.33. The summed E-state index contributed by atoms with van der Waals surface area (Å²) in [7, 11) is 0. The molecule has 0 amide bonds. The van der Waals surface area contributed by atoms with Gasteiger partial charge in [-0.05, 0) is 49.9 Å². The number of hydrogen-bond donors (Lipinski definition) is 0. The van der Waals surface area contributed by atoms with Crippen molar-refractivity contribution in [3.05, 3.63) is 0 Å². The van der Waals surface area contributed by atoms with Gasteiger partial charge in [0.15, 0.2) is 0 Å². The monoisotopic (exact) mass is 394 g/mol. The Labute approximate surface area is 140 Å². The summed E-state index contributed by atoms with van der Waals surface area (Å²) in [5.41, 5.74) is 0.200. The molecule has 1 rings (SSSR count). The second kappa shape index (κ2) is 9.66. The van der Waals surface area contributed by atoms with Crippen LogP contribution in [0.3, 0.4) is 0 Å². The van der Waals surface area contributed by atoms with Gasteiger partial charge in [-0.2, -0.15) is 0 Å². The lowest BCUT2D eigenvalue weighted by molar-refractivity contribution is -0.0766. The summed E-state index contributed by atoms with van der Waals surface area (Å²) < 4.78 is 7.66. The van der Waals surface area contributed by atoms with Gasteiger partial charge in [-0.15, -0.1) is 0 Å². The zero-order valence-corrected chi connectivity index (χ0v) is 16.2. The minimum absolute atomic E-state index is 0.200. The van der Waals surface area contributed by atoms with Gasteiger partial charge in [0.2, 0.25) is 0 Å². The Hall–Kier alpha value is 0.690. The highest BCUT2D eigenvalue weighted by Crippen LogP contribution is 2.39. The lowest BCUT2D eigenvalue weighted by Gasteiger charge is -2.41. The van der Waals surface area contributed by atoms with E-state index >= 15 is 0 Å². The van der Waals surface area contributed by atoms with Gasteiger partial charge >= 0.3 is 0 Å². The lowest BCUT2D eigenvalue weighted by Crippen LogP contribution is -2.41. The van der Waals surface area contributed by atoms with Crippen molar-refractivity contribution < 1.29 is 4.74 Å². The summed E-state index contributed by atoms with van der Waals surface area (Å²) in [5, 5.41) is 0. The highest BCUT2D eigenvalue weighted by atomic mass is 127. The van der Waals surface area contributed by atoms with Crippen LogP contribution >= 0.6 is 22.6 Å². The molecule has 0 aliphatic heterocycles. The molecule has 0 spiro atoms. The van der Waals surface area contributed by atoms with E-state index in [-0.39, 0.29) is 5.60 Å². The van der Waals surface area contributed by atoms with Crippen molar-refractivity contribution in [2.75, 3.05) is 11.0 Å². The quantitative estimate of drug-likeness (QED) is 0.332. The molecule has 0 radical (unpaired) electrons. The van der Waals surface area contributed by atoms with E-state index in [2.05, 4.69) is 50.3 Å². The maximum atomic E-state index is 6.49. The van der Waals surface area contributed by atoms with E-state index in [4.69, 9.17) is 4.74 Å². The van der Waals surface area contributed by atoms with Gasteiger partial charge in [0, 0.05) is 4.43 Å². The predicted molar refractivity (Wildman–Crippen MR) is 97.7 cm³/mol. The highest BCUT2D eigenvalue weighted by Gasteiger charge is 2.36. The van der Waals surface area contributed by atoms with E-state index in [1.807, 2.05) is 0 Å². The number of ether oxygens (including phenoxy) is 1. The van der Waals surface area contributed by atoms with E-state index in [1.165, 1.54) is 55.8 Å². The standard InChI is InChI=1S/C18H35IO/c1-5-7-8-16(6-2)13-20-18(14-19)11-9-17(10-12-18)15(3)4/h15-17H,5-14H2,1-4H3. The molecule has 2 heteroatoms. The Bertz CT molecular complexity index is 244. The molecule has 20 heavy (non-hydrogen) atoms. The maximum Gasteiger partial charge on any atom is 0.0771 e. The zero-order valence-electron chi connectivity index (χ0n) is 14.1. The maximum absolute atomic E-state index is 6.49. The van der Waals surface area contributed by atoms with Gasteiger partial charge in [0.1, 0.15) is 0 Å². The van der Waals surface area contributed by atoms with Crippen LogP contribution in [0.5, 0.6) is 0 Å². The third-order valence-corrected chi connectivity index (χ3v) is 6.69. The molecule has 1 unspecified atom stereocenters. The second-order valence-electron chi connectivity index (χ2n) is 7.13. The average Bonchev–Trinajstić information content (AvgIpc) is 2.48. The van der Waals surface area contributed by atoms with Crippen molar-refractivity contribution in [3.8, 4) is 0 Å². The van der Waals surface area contributed by atoms with Crippen molar-refractivity contribution >= 4 is 22.6 Å². The number of rotatable bonds is 9. The molecule has 1 aliphatic carbocycles. The summed E-state index contributed by atoms with van der Waals surface area (Å²) in [5.74, 6) is 2.55. The molecule has 0 aromatic heterocycles. The van der Waals surface area contributed by atoms with Crippen LogP contribution in [0.4, 0.5) is 0 Å². The van der Waals surface area contributed by atoms with Crippen LogP contribution in [0.2, 0.25) is 0 Å². The Morgan fingerprint density at radius 1 is 1.20 bits per heavy atom. The second-order valence-corrected chi connectivity index (χ2v) is 7.89. The van der Waals surface area contributed by atoms with Gasteiger partial charge in [-0.25, -0.2) is 0 Å². The van der Waals surface area contributed by atoms with Gasteiger partial charge in [0.05, 0.1) is 12.2 Å². The molecule has 1 saturated carbocycles. The van der Waals surface area contributed by atoms with Crippen LogP contribution in [-0.2, 0) is 4.74 Å². The first-order valence-electron chi connectivity index (χ1n) is 8.76.